The summed E-state index contributed by atoms with van der Waals surface area (Å²) in [6, 6.07) is 3.70. The third-order valence-electron chi connectivity index (χ3n) is 3.05. The molecule has 1 heterocycles. The Kier molecular flexibility index (Phi) is 4.54. The molecule has 2 rings (SSSR count). The van der Waals surface area contributed by atoms with Gasteiger partial charge in [0, 0.05) is 11.3 Å². The molecule has 17 heavy (non-hydrogen) atoms. The zero-order valence-corrected chi connectivity index (χ0v) is 10.5. The van der Waals surface area contributed by atoms with Crippen LogP contribution >= 0.6 is 11.3 Å². The number of halogens is 1. The first-order chi connectivity index (χ1) is 8.25. The van der Waals surface area contributed by atoms with Crippen LogP contribution in [0.4, 0.5) is 4.39 Å². The van der Waals surface area contributed by atoms with Crippen molar-refractivity contribution in [2.75, 3.05) is 0 Å². The lowest BCUT2D eigenvalue weighted by atomic mass is 9.98. The van der Waals surface area contributed by atoms with Gasteiger partial charge in [0.1, 0.15) is 6.10 Å². The molecule has 94 valence electrons. The molecule has 0 N–H and O–H groups in total. The fourth-order valence-electron chi connectivity index (χ4n) is 2.11. The Labute approximate surface area is 105 Å². The Balaban J connectivity index is 1.78. The predicted octanol–water partition coefficient (Wildman–Crippen LogP) is 3.50. The molecule has 1 aliphatic rings. The lowest BCUT2D eigenvalue weighted by Gasteiger charge is -2.22. The van der Waals surface area contributed by atoms with E-state index in [9.17, 15) is 9.18 Å². The predicted molar refractivity (Wildman–Crippen MR) is 65.9 cm³/mol. The van der Waals surface area contributed by atoms with Crippen LogP contribution in [0.2, 0.25) is 0 Å². The highest BCUT2D eigenvalue weighted by atomic mass is 32.1. The van der Waals surface area contributed by atoms with Crippen LogP contribution in [-0.2, 0) is 16.0 Å². The van der Waals surface area contributed by atoms with Crippen LogP contribution in [0.3, 0.4) is 0 Å². The first kappa shape index (κ1) is 12.6. The van der Waals surface area contributed by atoms with Crippen LogP contribution in [0.5, 0.6) is 0 Å². The van der Waals surface area contributed by atoms with Gasteiger partial charge in [-0.15, -0.1) is 11.3 Å². The van der Waals surface area contributed by atoms with E-state index in [0.29, 0.717) is 0 Å². The number of esters is 1. The fourth-order valence-corrected chi connectivity index (χ4v) is 2.84. The van der Waals surface area contributed by atoms with Gasteiger partial charge in [-0.1, -0.05) is 12.5 Å². The van der Waals surface area contributed by atoms with Crippen LogP contribution in [0.15, 0.2) is 17.5 Å². The molecule has 0 bridgehead atoms. The molecule has 1 aliphatic carbocycles. The monoisotopic (exact) mass is 256 g/mol. The molecule has 0 radical (unpaired) electrons. The number of carbonyl (C=O) groups excluding carboxylic acids is 1. The largest absolute Gasteiger partial charge is 0.460 e. The quantitative estimate of drug-likeness (QED) is 0.771. The fraction of sp³-hybridized carbons (Fsp3) is 0.615. The molecule has 0 saturated heterocycles. The Morgan fingerprint density at radius 1 is 1.47 bits per heavy atom. The summed E-state index contributed by atoms with van der Waals surface area (Å²) in [6.07, 6.45) is 3.70. The second kappa shape index (κ2) is 6.15. The zero-order valence-electron chi connectivity index (χ0n) is 9.73. The van der Waals surface area contributed by atoms with Crippen molar-refractivity contribution in [3.8, 4) is 0 Å². The first-order valence-corrected chi connectivity index (χ1v) is 7.00. The Morgan fingerprint density at radius 2 is 2.24 bits per heavy atom. The van der Waals surface area contributed by atoms with Gasteiger partial charge >= 0.3 is 5.97 Å². The lowest BCUT2D eigenvalue weighted by molar-refractivity contribution is -0.156. The molecule has 0 aromatic carbocycles. The van der Waals surface area contributed by atoms with E-state index in [1.165, 1.54) is 17.8 Å². The smallest absolute Gasteiger partial charge is 0.341 e. The van der Waals surface area contributed by atoms with Crippen molar-refractivity contribution in [3.05, 3.63) is 22.4 Å². The van der Waals surface area contributed by atoms with Crippen molar-refractivity contribution < 1.29 is 13.9 Å². The summed E-state index contributed by atoms with van der Waals surface area (Å²) in [5.74, 6) is -0.690. The standard InChI is InChI=1S/C13H17FO2S/c14-12(9-11-7-4-8-17-11)13(15)16-10-5-2-1-3-6-10/h4,7-8,10,12H,1-3,5-6,9H2/t12-/m0/s1. The second-order valence-corrected chi connectivity index (χ2v) is 5.48. The van der Waals surface area contributed by atoms with E-state index in [1.54, 1.807) is 0 Å². The van der Waals surface area contributed by atoms with E-state index in [4.69, 9.17) is 4.74 Å². The average molecular weight is 256 g/mol. The summed E-state index contributed by atoms with van der Waals surface area (Å²) >= 11 is 1.47. The molecule has 1 aromatic rings. The Morgan fingerprint density at radius 3 is 2.88 bits per heavy atom. The first-order valence-electron chi connectivity index (χ1n) is 6.12. The number of ether oxygens (including phenoxy) is 1. The van der Waals surface area contributed by atoms with Gasteiger partial charge < -0.3 is 4.74 Å². The average Bonchev–Trinajstić information content (AvgIpc) is 2.83. The maximum Gasteiger partial charge on any atom is 0.341 e. The highest BCUT2D eigenvalue weighted by molar-refractivity contribution is 7.09. The molecule has 1 fully saturated rings. The molecular weight excluding hydrogens is 239 g/mol. The SMILES string of the molecule is O=C(OC1CCCCC1)[C@@H](F)Cc1cccs1. The topological polar surface area (TPSA) is 26.3 Å². The van der Waals surface area contributed by atoms with Crippen molar-refractivity contribution in [2.24, 2.45) is 0 Å². The Bertz CT molecular complexity index is 344. The van der Waals surface area contributed by atoms with Gasteiger partial charge in [-0.2, -0.15) is 0 Å². The number of alkyl halides is 1. The normalized spacial score (nSPS) is 18.9. The zero-order chi connectivity index (χ0) is 12.1. The summed E-state index contributed by atoms with van der Waals surface area (Å²) in [5.41, 5.74) is 0. The highest BCUT2D eigenvalue weighted by Crippen LogP contribution is 2.22. The molecule has 0 unspecified atom stereocenters. The molecular formula is C13H17FO2S. The minimum atomic E-state index is -1.52. The van der Waals surface area contributed by atoms with Gasteiger partial charge in [0.15, 0.2) is 0 Å². The number of rotatable bonds is 4. The third kappa shape index (κ3) is 3.80. The minimum absolute atomic E-state index is 0.0576. The number of hydrogen-bond acceptors (Lipinski definition) is 3. The van der Waals surface area contributed by atoms with Gasteiger partial charge in [0.25, 0.3) is 0 Å². The van der Waals surface area contributed by atoms with E-state index >= 15 is 0 Å². The number of carbonyl (C=O) groups is 1. The van der Waals surface area contributed by atoms with Crippen LogP contribution in [-0.4, -0.2) is 18.2 Å². The van der Waals surface area contributed by atoms with Gasteiger partial charge in [-0.3, -0.25) is 0 Å². The van der Waals surface area contributed by atoms with Gasteiger partial charge in [-0.05, 0) is 37.1 Å². The van der Waals surface area contributed by atoms with E-state index in [0.717, 1.165) is 30.6 Å². The third-order valence-corrected chi connectivity index (χ3v) is 3.95. The maximum atomic E-state index is 13.6. The molecule has 0 aliphatic heterocycles. The highest BCUT2D eigenvalue weighted by Gasteiger charge is 2.24. The molecule has 1 saturated carbocycles. The molecule has 0 spiro atoms. The van der Waals surface area contributed by atoms with Crippen molar-refractivity contribution in [1.29, 1.82) is 0 Å². The molecule has 2 nitrogen and oxygen atoms in total. The van der Waals surface area contributed by atoms with Crippen molar-refractivity contribution in [3.63, 3.8) is 0 Å². The van der Waals surface area contributed by atoms with E-state index < -0.39 is 12.1 Å². The van der Waals surface area contributed by atoms with Crippen LogP contribution in [0.25, 0.3) is 0 Å². The summed E-state index contributed by atoms with van der Waals surface area (Å²) in [4.78, 5) is 12.4. The van der Waals surface area contributed by atoms with E-state index in [1.807, 2.05) is 17.5 Å². The van der Waals surface area contributed by atoms with Crippen LogP contribution < -0.4 is 0 Å². The van der Waals surface area contributed by atoms with Gasteiger partial charge in [0.05, 0.1) is 0 Å². The Hall–Kier alpha value is -0.900. The van der Waals surface area contributed by atoms with Crippen LogP contribution in [0.1, 0.15) is 37.0 Å². The molecule has 1 aromatic heterocycles. The molecule has 1 atom stereocenters. The van der Waals surface area contributed by atoms with Crippen molar-refractivity contribution in [2.45, 2.75) is 50.8 Å². The lowest BCUT2D eigenvalue weighted by Crippen LogP contribution is -2.28. The van der Waals surface area contributed by atoms with E-state index in [2.05, 4.69) is 0 Å². The summed E-state index contributed by atoms with van der Waals surface area (Å²) < 4.78 is 18.8. The number of hydrogen-bond donors (Lipinski definition) is 0. The summed E-state index contributed by atoms with van der Waals surface area (Å²) in [6.45, 7) is 0. The van der Waals surface area contributed by atoms with Gasteiger partial charge in [-0.25, -0.2) is 9.18 Å². The van der Waals surface area contributed by atoms with Crippen LogP contribution in [0, 0.1) is 0 Å². The second-order valence-electron chi connectivity index (χ2n) is 4.45. The van der Waals surface area contributed by atoms with E-state index in [-0.39, 0.29) is 12.5 Å². The number of thiophene rings is 1. The molecule has 4 heteroatoms. The molecule has 0 amide bonds. The maximum absolute atomic E-state index is 13.6. The van der Waals surface area contributed by atoms with Crippen molar-refractivity contribution >= 4 is 17.3 Å². The summed E-state index contributed by atoms with van der Waals surface area (Å²) in [5, 5.41) is 1.88. The minimum Gasteiger partial charge on any atom is -0.460 e. The van der Waals surface area contributed by atoms with Crippen molar-refractivity contribution in [1.82, 2.24) is 0 Å². The van der Waals surface area contributed by atoms with Gasteiger partial charge in [0.2, 0.25) is 6.17 Å². The summed E-state index contributed by atoms with van der Waals surface area (Å²) in [7, 11) is 0.